The summed E-state index contributed by atoms with van der Waals surface area (Å²) in [6.45, 7) is 13.6. The highest BCUT2D eigenvalue weighted by Crippen LogP contribution is 2.33. The lowest BCUT2D eigenvalue weighted by atomic mass is 9.96. The second kappa shape index (κ2) is 13.5. The van der Waals surface area contributed by atoms with Crippen LogP contribution in [0, 0.1) is 5.92 Å². The maximum absolute atomic E-state index is 13.4. The average molecular weight is 573 g/mol. The molecular formula is C34H44N4O4. The van der Waals surface area contributed by atoms with Crippen LogP contribution < -0.4 is 15.4 Å². The van der Waals surface area contributed by atoms with Crippen molar-refractivity contribution in [3.8, 4) is 16.9 Å². The summed E-state index contributed by atoms with van der Waals surface area (Å²) in [6.07, 6.45) is -0.559. The smallest absolute Gasteiger partial charge is 0.265 e. The van der Waals surface area contributed by atoms with Gasteiger partial charge >= 0.3 is 0 Å². The van der Waals surface area contributed by atoms with E-state index in [1.807, 2.05) is 57.3 Å². The summed E-state index contributed by atoms with van der Waals surface area (Å²) in [5.74, 6) is 0.595. The van der Waals surface area contributed by atoms with Gasteiger partial charge in [0.1, 0.15) is 5.75 Å². The van der Waals surface area contributed by atoms with Gasteiger partial charge < -0.3 is 25.4 Å². The van der Waals surface area contributed by atoms with Gasteiger partial charge in [0.2, 0.25) is 0 Å². The van der Waals surface area contributed by atoms with E-state index in [0.29, 0.717) is 41.7 Å². The Morgan fingerprint density at radius 1 is 1.07 bits per heavy atom. The van der Waals surface area contributed by atoms with Gasteiger partial charge in [-0.15, -0.1) is 0 Å². The number of carbonyl (C=O) groups is 2. The highest BCUT2D eigenvalue weighted by Gasteiger charge is 2.24. The highest BCUT2D eigenvalue weighted by molar-refractivity contribution is 6.05. The molecule has 0 spiro atoms. The molecular weight excluding hydrogens is 528 g/mol. The molecule has 1 aliphatic heterocycles. The predicted molar refractivity (Wildman–Crippen MR) is 169 cm³/mol. The fourth-order valence-corrected chi connectivity index (χ4v) is 5.30. The number of benzene rings is 3. The molecule has 1 unspecified atom stereocenters. The van der Waals surface area contributed by atoms with Crippen LogP contribution in [-0.4, -0.2) is 71.7 Å². The van der Waals surface area contributed by atoms with Gasteiger partial charge in [-0.05, 0) is 80.8 Å². The first kappa shape index (κ1) is 31.2. The molecule has 1 heterocycles. The Balaban J connectivity index is 1.58. The van der Waals surface area contributed by atoms with E-state index in [1.165, 1.54) is 0 Å². The first-order valence-electron chi connectivity index (χ1n) is 14.6. The quantitative estimate of drug-likeness (QED) is 0.266. The monoisotopic (exact) mass is 572 g/mol. The van der Waals surface area contributed by atoms with E-state index in [0.717, 1.165) is 36.3 Å². The van der Waals surface area contributed by atoms with Gasteiger partial charge in [-0.1, -0.05) is 50.2 Å². The second-order valence-electron chi connectivity index (χ2n) is 12.3. The van der Waals surface area contributed by atoms with Crippen LogP contribution in [0.3, 0.4) is 0 Å². The molecule has 0 saturated heterocycles. The van der Waals surface area contributed by atoms with Gasteiger partial charge in [0.05, 0.1) is 11.3 Å². The zero-order valence-corrected chi connectivity index (χ0v) is 25.6. The van der Waals surface area contributed by atoms with Crippen molar-refractivity contribution in [1.29, 1.82) is 0 Å². The number of likely N-dealkylation sites (N-methyl/N-ethyl adjacent to an activating group) is 1. The first-order chi connectivity index (χ1) is 19.9. The van der Waals surface area contributed by atoms with E-state index in [1.54, 1.807) is 25.1 Å². The normalized spacial score (nSPS) is 15.0. The summed E-state index contributed by atoms with van der Waals surface area (Å²) in [6, 6.07) is 21.3. The molecule has 2 amide bonds. The van der Waals surface area contributed by atoms with Crippen molar-refractivity contribution >= 4 is 23.2 Å². The van der Waals surface area contributed by atoms with Gasteiger partial charge in [0.25, 0.3) is 11.8 Å². The molecule has 1 atom stereocenters. The van der Waals surface area contributed by atoms with Crippen molar-refractivity contribution in [2.45, 2.75) is 52.9 Å². The van der Waals surface area contributed by atoms with Crippen LogP contribution in [0.2, 0.25) is 0 Å². The van der Waals surface area contributed by atoms with E-state index in [4.69, 9.17) is 4.74 Å². The van der Waals surface area contributed by atoms with Crippen LogP contribution in [0.1, 0.15) is 50.5 Å². The number of hydrogen-bond acceptors (Lipinski definition) is 6. The molecule has 8 heteroatoms. The van der Waals surface area contributed by atoms with Gasteiger partial charge in [-0.3, -0.25) is 14.5 Å². The largest absolute Gasteiger partial charge is 0.479 e. The van der Waals surface area contributed by atoms with Crippen LogP contribution in [0.15, 0.2) is 66.7 Å². The number of nitrogens with one attached hydrogen (secondary N) is 2. The average Bonchev–Trinajstić information content (AvgIpc) is 2.92. The summed E-state index contributed by atoms with van der Waals surface area (Å²) in [4.78, 5) is 30.1. The fraction of sp³-hybridized carbons (Fsp3) is 0.412. The summed E-state index contributed by atoms with van der Waals surface area (Å²) in [5.41, 5.74) is 4.17. The third kappa shape index (κ3) is 8.64. The number of amides is 2. The zero-order valence-electron chi connectivity index (χ0n) is 25.6. The van der Waals surface area contributed by atoms with E-state index in [2.05, 4.69) is 46.4 Å². The number of anilines is 2. The molecule has 0 saturated carbocycles. The Hall–Kier alpha value is -3.72. The molecule has 0 fully saturated rings. The molecule has 8 nitrogen and oxygen atoms in total. The molecule has 3 aromatic rings. The zero-order chi connectivity index (χ0) is 30.4. The van der Waals surface area contributed by atoms with Gasteiger partial charge in [0.15, 0.2) is 6.10 Å². The number of aliphatic hydroxyl groups is 1. The van der Waals surface area contributed by atoms with Crippen molar-refractivity contribution in [2.75, 3.05) is 43.9 Å². The van der Waals surface area contributed by atoms with Crippen molar-refractivity contribution < 1.29 is 19.4 Å². The summed E-state index contributed by atoms with van der Waals surface area (Å²) >= 11 is 0. The fourth-order valence-electron chi connectivity index (χ4n) is 5.30. The number of ether oxygens (including phenoxy) is 1. The number of fused-ring (bicyclic) bond motifs is 1. The Bertz CT molecular complexity index is 1380. The number of rotatable bonds is 12. The van der Waals surface area contributed by atoms with Gasteiger partial charge in [-0.2, -0.15) is 0 Å². The Morgan fingerprint density at radius 2 is 1.81 bits per heavy atom. The standard InChI is InChI=1S/C34H44N4O4/c1-23(2)20-38(17-16-37(6)22-34(4,5)41)21-27-18-26(12-14-29(27)25-10-8-7-9-11-25)33(40)35-28-13-15-31-30(19-28)36-32(39)24(3)42-31/h7-15,18-19,23-24,41H,16-17,20-22H2,1-6H3,(H,35,40)(H,36,39). The van der Waals surface area contributed by atoms with E-state index in [-0.39, 0.29) is 11.8 Å². The molecule has 3 N–H and O–H groups in total. The van der Waals surface area contributed by atoms with E-state index < -0.39 is 11.7 Å². The lowest BCUT2D eigenvalue weighted by Gasteiger charge is -2.30. The van der Waals surface area contributed by atoms with Crippen LogP contribution in [0.4, 0.5) is 11.4 Å². The minimum atomic E-state index is -0.755. The molecule has 42 heavy (non-hydrogen) atoms. The number of nitrogens with zero attached hydrogens (tertiary/aromatic N) is 2. The topological polar surface area (TPSA) is 94.1 Å². The summed E-state index contributed by atoms with van der Waals surface area (Å²) < 4.78 is 5.64. The minimum absolute atomic E-state index is 0.218. The lowest BCUT2D eigenvalue weighted by molar-refractivity contribution is -0.122. The molecule has 224 valence electrons. The van der Waals surface area contributed by atoms with Crippen molar-refractivity contribution in [3.05, 3.63) is 77.9 Å². The van der Waals surface area contributed by atoms with E-state index in [9.17, 15) is 14.7 Å². The minimum Gasteiger partial charge on any atom is -0.479 e. The Morgan fingerprint density at radius 3 is 2.50 bits per heavy atom. The van der Waals surface area contributed by atoms with Crippen molar-refractivity contribution in [2.24, 2.45) is 5.92 Å². The number of hydrogen-bond donors (Lipinski definition) is 3. The molecule has 0 radical (unpaired) electrons. The lowest BCUT2D eigenvalue weighted by Crippen LogP contribution is -2.41. The highest BCUT2D eigenvalue weighted by atomic mass is 16.5. The molecule has 0 aliphatic carbocycles. The third-order valence-electron chi connectivity index (χ3n) is 7.09. The van der Waals surface area contributed by atoms with Gasteiger partial charge in [0, 0.05) is 44.0 Å². The SMILES string of the molecule is CC(C)CN(CCN(C)CC(C)(C)O)Cc1cc(C(=O)Nc2ccc3c(c2)NC(=O)C(C)O3)ccc1-c1ccccc1. The van der Waals surface area contributed by atoms with Crippen molar-refractivity contribution in [3.63, 3.8) is 0 Å². The van der Waals surface area contributed by atoms with Crippen LogP contribution in [0.25, 0.3) is 11.1 Å². The molecule has 1 aliphatic rings. The van der Waals surface area contributed by atoms with Crippen LogP contribution >= 0.6 is 0 Å². The summed E-state index contributed by atoms with van der Waals surface area (Å²) in [7, 11) is 2.03. The molecule has 0 aromatic heterocycles. The van der Waals surface area contributed by atoms with Gasteiger partial charge in [-0.25, -0.2) is 0 Å². The van der Waals surface area contributed by atoms with E-state index >= 15 is 0 Å². The second-order valence-corrected chi connectivity index (χ2v) is 12.3. The Kier molecular flexibility index (Phi) is 10.0. The summed E-state index contributed by atoms with van der Waals surface area (Å²) in [5, 5.41) is 16.1. The van der Waals surface area contributed by atoms with Crippen LogP contribution in [0.5, 0.6) is 5.75 Å². The first-order valence-corrected chi connectivity index (χ1v) is 14.6. The van der Waals surface area contributed by atoms with Crippen LogP contribution in [-0.2, 0) is 11.3 Å². The predicted octanol–water partition coefficient (Wildman–Crippen LogP) is 5.49. The molecule has 4 rings (SSSR count). The molecule has 0 bridgehead atoms. The molecule has 3 aromatic carbocycles. The number of carbonyl (C=O) groups excluding carboxylic acids is 2. The maximum Gasteiger partial charge on any atom is 0.265 e. The maximum atomic E-state index is 13.4. The third-order valence-corrected chi connectivity index (χ3v) is 7.09. The Labute approximate surface area is 249 Å². The van der Waals surface area contributed by atoms with Crippen molar-refractivity contribution in [1.82, 2.24) is 9.80 Å².